The normalized spacial score (nSPS) is 10.3. The Balaban J connectivity index is 1.99. The fraction of sp³-hybridized carbons (Fsp3) is 0.357. The highest BCUT2D eigenvalue weighted by Gasteiger charge is 2.09. The summed E-state index contributed by atoms with van der Waals surface area (Å²) in [5.74, 6) is 1.20. The molecule has 2 heterocycles. The highest BCUT2D eigenvalue weighted by Crippen LogP contribution is 2.09. The molecule has 0 atom stereocenters. The fourth-order valence-electron chi connectivity index (χ4n) is 1.86. The van der Waals surface area contributed by atoms with E-state index in [1.54, 1.807) is 31.6 Å². The van der Waals surface area contributed by atoms with E-state index in [-0.39, 0.29) is 5.91 Å². The van der Waals surface area contributed by atoms with Crippen LogP contribution in [0.25, 0.3) is 0 Å². The average Bonchev–Trinajstić information content (AvgIpc) is 2.92. The van der Waals surface area contributed by atoms with Crippen molar-refractivity contribution in [2.24, 2.45) is 0 Å². The van der Waals surface area contributed by atoms with Crippen LogP contribution in [0.4, 0.5) is 0 Å². The highest BCUT2D eigenvalue weighted by atomic mass is 16.5. The summed E-state index contributed by atoms with van der Waals surface area (Å²) in [5, 5.41) is 2.81. The molecular weight excluding hydrogens is 256 g/mol. The van der Waals surface area contributed by atoms with Gasteiger partial charge < -0.3 is 14.6 Å². The molecule has 2 rings (SSSR count). The Morgan fingerprint density at radius 2 is 2.25 bits per heavy atom. The third-order valence-corrected chi connectivity index (χ3v) is 2.87. The van der Waals surface area contributed by atoms with Crippen LogP contribution >= 0.6 is 0 Å². The van der Waals surface area contributed by atoms with Crippen molar-refractivity contribution in [1.82, 2.24) is 19.9 Å². The van der Waals surface area contributed by atoms with Crippen LogP contribution < -0.4 is 10.1 Å². The van der Waals surface area contributed by atoms with Gasteiger partial charge in [0.1, 0.15) is 17.3 Å². The number of carbonyl (C=O) groups is 1. The van der Waals surface area contributed by atoms with Gasteiger partial charge in [-0.25, -0.2) is 4.98 Å². The van der Waals surface area contributed by atoms with Crippen LogP contribution in [0.1, 0.15) is 29.7 Å². The van der Waals surface area contributed by atoms with Gasteiger partial charge in [0.05, 0.1) is 13.7 Å². The predicted molar refractivity (Wildman–Crippen MR) is 74.5 cm³/mol. The highest BCUT2D eigenvalue weighted by molar-refractivity contribution is 5.92. The van der Waals surface area contributed by atoms with E-state index in [4.69, 9.17) is 4.74 Å². The maximum Gasteiger partial charge on any atom is 0.270 e. The van der Waals surface area contributed by atoms with Gasteiger partial charge in [0.2, 0.25) is 0 Å². The van der Waals surface area contributed by atoms with Crippen LogP contribution in [-0.2, 0) is 13.1 Å². The number of aromatic nitrogens is 3. The molecule has 0 aromatic carbocycles. The lowest BCUT2D eigenvalue weighted by Crippen LogP contribution is -2.25. The van der Waals surface area contributed by atoms with E-state index in [1.807, 2.05) is 10.8 Å². The van der Waals surface area contributed by atoms with Crippen molar-refractivity contribution in [3.05, 3.63) is 42.2 Å². The summed E-state index contributed by atoms with van der Waals surface area (Å²) in [7, 11) is 1.55. The van der Waals surface area contributed by atoms with Crippen molar-refractivity contribution < 1.29 is 9.53 Å². The molecule has 1 amide bonds. The molecule has 0 aliphatic heterocycles. The van der Waals surface area contributed by atoms with E-state index in [0.29, 0.717) is 18.0 Å². The van der Waals surface area contributed by atoms with Crippen molar-refractivity contribution >= 4 is 5.91 Å². The molecule has 0 unspecified atom stereocenters. The Kier molecular flexibility index (Phi) is 4.70. The number of nitrogens with one attached hydrogen (secondary N) is 1. The summed E-state index contributed by atoms with van der Waals surface area (Å²) < 4.78 is 7.10. The number of hydrogen-bond donors (Lipinski definition) is 1. The third kappa shape index (κ3) is 3.34. The fourth-order valence-corrected chi connectivity index (χ4v) is 1.86. The summed E-state index contributed by atoms with van der Waals surface area (Å²) in [5.41, 5.74) is 0.331. The second-order valence-corrected chi connectivity index (χ2v) is 4.30. The van der Waals surface area contributed by atoms with E-state index in [0.717, 1.165) is 18.8 Å². The first-order chi connectivity index (χ1) is 9.74. The molecule has 0 saturated heterocycles. The zero-order valence-corrected chi connectivity index (χ0v) is 11.7. The second kappa shape index (κ2) is 6.70. The molecule has 2 aromatic heterocycles. The molecule has 6 nitrogen and oxygen atoms in total. The van der Waals surface area contributed by atoms with Crippen molar-refractivity contribution in [1.29, 1.82) is 0 Å². The monoisotopic (exact) mass is 274 g/mol. The molecule has 2 aromatic rings. The minimum absolute atomic E-state index is 0.241. The van der Waals surface area contributed by atoms with Gasteiger partial charge in [0, 0.05) is 31.2 Å². The predicted octanol–water partition coefficient (Wildman–Crippen LogP) is 1.63. The van der Waals surface area contributed by atoms with Gasteiger partial charge in [-0.3, -0.25) is 9.78 Å². The zero-order valence-electron chi connectivity index (χ0n) is 11.7. The Hall–Kier alpha value is -2.37. The first-order valence-electron chi connectivity index (χ1n) is 6.53. The van der Waals surface area contributed by atoms with Gasteiger partial charge in [-0.05, 0) is 12.5 Å². The van der Waals surface area contributed by atoms with E-state index >= 15 is 0 Å². The molecule has 20 heavy (non-hydrogen) atoms. The van der Waals surface area contributed by atoms with Gasteiger partial charge in [-0.1, -0.05) is 6.92 Å². The number of pyridine rings is 1. The largest absolute Gasteiger partial charge is 0.497 e. The maximum atomic E-state index is 12.0. The summed E-state index contributed by atoms with van der Waals surface area (Å²) in [4.78, 5) is 20.3. The average molecular weight is 274 g/mol. The molecule has 6 heteroatoms. The summed E-state index contributed by atoms with van der Waals surface area (Å²) in [6.45, 7) is 3.37. The molecule has 0 radical (unpaired) electrons. The van der Waals surface area contributed by atoms with Gasteiger partial charge >= 0.3 is 0 Å². The van der Waals surface area contributed by atoms with Crippen molar-refractivity contribution in [3.8, 4) is 5.75 Å². The van der Waals surface area contributed by atoms with Crippen LogP contribution in [0.15, 0.2) is 30.7 Å². The number of rotatable bonds is 6. The molecule has 1 N–H and O–H groups in total. The minimum atomic E-state index is -0.241. The molecule has 0 aliphatic rings. The maximum absolute atomic E-state index is 12.0. The summed E-state index contributed by atoms with van der Waals surface area (Å²) >= 11 is 0. The van der Waals surface area contributed by atoms with Gasteiger partial charge in [-0.15, -0.1) is 0 Å². The van der Waals surface area contributed by atoms with E-state index in [1.165, 1.54) is 0 Å². The van der Waals surface area contributed by atoms with E-state index in [9.17, 15) is 4.79 Å². The van der Waals surface area contributed by atoms with Crippen molar-refractivity contribution in [2.75, 3.05) is 7.11 Å². The smallest absolute Gasteiger partial charge is 0.270 e. The van der Waals surface area contributed by atoms with Crippen LogP contribution in [0, 0.1) is 0 Å². The first kappa shape index (κ1) is 14.0. The van der Waals surface area contributed by atoms with E-state index in [2.05, 4.69) is 22.2 Å². The van der Waals surface area contributed by atoms with Crippen LogP contribution in [0.2, 0.25) is 0 Å². The number of imidazole rings is 1. The lowest BCUT2D eigenvalue weighted by atomic mass is 10.3. The number of methoxy groups -OCH3 is 1. The molecule has 106 valence electrons. The number of hydrogen-bond acceptors (Lipinski definition) is 4. The lowest BCUT2D eigenvalue weighted by Gasteiger charge is -2.08. The third-order valence-electron chi connectivity index (χ3n) is 2.87. The Morgan fingerprint density at radius 3 is 3.00 bits per heavy atom. The van der Waals surface area contributed by atoms with Crippen LogP contribution in [-0.4, -0.2) is 27.6 Å². The topological polar surface area (TPSA) is 69.0 Å². The minimum Gasteiger partial charge on any atom is -0.497 e. The zero-order chi connectivity index (χ0) is 14.4. The van der Waals surface area contributed by atoms with Gasteiger partial charge in [0.25, 0.3) is 5.91 Å². The number of ether oxygens (including phenoxy) is 1. The van der Waals surface area contributed by atoms with Crippen LogP contribution in [0.3, 0.4) is 0 Å². The van der Waals surface area contributed by atoms with Crippen molar-refractivity contribution in [2.45, 2.75) is 26.4 Å². The standard InChI is InChI=1S/C14H18N4O2/c1-3-7-18-8-6-16-13(18)10-17-14(19)12-9-11(20-2)4-5-15-12/h4-6,8-9H,3,7,10H2,1-2H3,(H,17,19). The van der Waals surface area contributed by atoms with E-state index < -0.39 is 0 Å². The number of aryl methyl sites for hydroxylation is 1. The summed E-state index contributed by atoms with van der Waals surface area (Å²) in [6.07, 6.45) is 6.22. The number of amides is 1. The molecule has 0 spiro atoms. The first-order valence-corrected chi connectivity index (χ1v) is 6.53. The summed E-state index contributed by atoms with van der Waals surface area (Å²) in [6, 6.07) is 3.30. The molecule has 0 aliphatic carbocycles. The molecular formula is C14H18N4O2. The van der Waals surface area contributed by atoms with Crippen molar-refractivity contribution in [3.63, 3.8) is 0 Å². The Labute approximate surface area is 117 Å². The SMILES string of the molecule is CCCn1ccnc1CNC(=O)c1cc(OC)ccn1. The number of nitrogens with zero attached hydrogens (tertiary/aromatic N) is 3. The number of carbonyl (C=O) groups excluding carboxylic acids is 1. The molecule has 0 fully saturated rings. The Bertz CT molecular complexity index is 580. The second-order valence-electron chi connectivity index (χ2n) is 4.30. The molecule has 0 bridgehead atoms. The van der Waals surface area contributed by atoms with Crippen LogP contribution in [0.5, 0.6) is 5.75 Å². The molecule has 0 saturated carbocycles. The quantitative estimate of drug-likeness (QED) is 0.869. The lowest BCUT2D eigenvalue weighted by molar-refractivity contribution is 0.0944. The Morgan fingerprint density at radius 1 is 1.40 bits per heavy atom. The van der Waals surface area contributed by atoms with Gasteiger partial charge in [-0.2, -0.15) is 0 Å². The van der Waals surface area contributed by atoms with Gasteiger partial charge in [0.15, 0.2) is 0 Å².